The van der Waals surface area contributed by atoms with Crippen molar-refractivity contribution in [3.8, 4) is 0 Å². The quantitative estimate of drug-likeness (QED) is 0.212. The lowest BCUT2D eigenvalue weighted by Gasteiger charge is -2.30. The molecule has 0 spiro atoms. The Morgan fingerprint density at radius 1 is 0.973 bits per heavy atom. The van der Waals surface area contributed by atoms with Crippen molar-refractivity contribution in [3.63, 3.8) is 0 Å². The second kappa shape index (κ2) is 12.2. The number of alkyl halides is 3. The molecule has 12 heteroatoms. The molecular formula is C25H17Br2Cl2F5N2O. The lowest BCUT2D eigenvalue weighted by atomic mass is 9.77. The number of halogens is 9. The van der Waals surface area contributed by atoms with E-state index in [1.54, 1.807) is 12.1 Å². The zero-order valence-corrected chi connectivity index (χ0v) is 23.3. The number of nitrogens with one attached hydrogen (secondary N) is 1. The first-order valence-corrected chi connectivity index (χ1v) is 12.8. The number of amides is 1. The number of carbonyl (C=O) groups is 1. The Labute approximate surface area is 236 Å². The minimum Gasteiger partial charge on any atom is -0.355 e. The van der Waals surface area contributed by atoms with Gasteiger partial charge in [-0.15, -0.1) is 0 Å². The molecule has 0 saturated carbocycles. The first kappa shape index (κ1) is 29.5. The van der Waals surface area contributed by atoms with Crippen LogP contribution in [0.1, 0.15) is 29.2 Å². The molecule has 1 aliphatic heterocycles. The number of nitrogens with zero attached hydrogens (tertiary/aromatic N) is 1. The fourth-order valence-corrected chi connectivity index (χ4v) is 5.07. The number of rotatable bonds is 5. The van der Waals surface area contributed by atoms with Crippen LogP contribution in [0.4, 0.5) is 22.0 Å². The van der Waals surface area contributed by atoms with E-state index in [1.807, 2.05) is 0 Å². The number of hydrogen-bond donors (Lipinski definition) is 1. The summed E-state index contributed by atoms with van der Waals surface area (Å²) >= 11 is 17.9. The van der Waals surface area contributed by atoms with Crippen LogP contribution >= 0.6 is 55.1 Å². The summed E-state index contributed by atoms with van der Waals surface area (Å²) in [5, 5.41) is 2.72. The Hall–Kier alpha value is -2.01. The maximum absolute atomic E-state index is 14.0. The van der Waals surface area contributed by atoms with Crippen LogP contribution in [-0.4, -0.2) is 18.8 Å². The highest BCUT2D eigenvalue weighted by atomic mass is 79.9. The molecule has 2 atom stereocenters. The lowest BCUT2D eigenvalue weighted by molar-refractivity contribution is -0.168. The topological polar surface area (TPSA) is 41.5 Å². The van der Waals surface area contributed by atoms with Crippen molar-refractivity contribution in [2.75, 3.05) is 0 Å². The van der Waals surface area contributed by atoms with Gasteiger partial charge in [-0.05, 0) is 97.4 Å². The first-order chi connectivity index (χ1) is 17.4. The fraction of sp³-hybridized carbons (Fsp3) is 0.200. The predicted molar refractivity (Wildman–Crippen MR) is 141 cm³/mol. The van der Waals surface area contributed by atoms with Crippen molar-refractivity contribution in [1.82, 2.24) is 5.32 Å². The molecule has 1 amide bonds. The molecule has 196 valence electrons. The molecule has 1 heterocycles. The molecule has 0 saturated heterocycles. The Morgan fingerprint density at radius 2 is 1.57 bits per heavy atom. The molecule has 0 aromatic heterocycles. The van der Waals surface area contributed by atoms with Crippen LogP contribution in [-0.2, 0) is 16.8 Å². The Balaban J connectivity index is 0.000000266. The van der Waals surface area contributed by atoms with Gasteiger partial charge >= 0.3 is 6.18 Å². The third-order valence-corrected chi connectivity index (χ3v) is 7.23. The fourth-order valence-electron chi connectivity index (χ4n) is 3.72. The van der Waals surface area contributed by atoms with E-state index >= 15 is 0 Å². The minimum absolute atomic E-state index is 0.0649. The molecule has 3 aromatic carbocycles. The predicted octanol–water partition coefficient (Wildman–Crippen LogP) is 8.75. The molecule has 0 fully saturated rings. The van der Waals surface area contributed by atoms with E-state index in [0.717, 1.165) is 11.8 Å². The summed E-state index contributed by atoms with van der Waals surface area (Å²) in [6, 6.07) is 11.8. The SMILES string of the molecule is Fc1ccc(C2CC(c3cc(Cl)cc(Cl)c3)(C(F)(F)F)C=N2)cc1Br.O=CNCc1ccc(F)c(Br)c1. The van der Waals surface area contributed by atoms with Gasteiger partial charge in [0.2, 0.25) is 6.41 Å². The molecule has 0 aliphatic carbocycles. The van der Waals surface area contributed by atoms with Crippen molar-refractivity contribution in [2.45, 2.75) is 30.6 Å². The number of hydrogen-bond acceptors (Lipinski definition) is 2. The summed E-state index contributed by atoms with van der Waals surface area (Å²) < 4.78 is 68.5. The Morgan fingerprint density at radius 3 is 2.11 bits per heavy atom. The summed E-state index contributed by atoms with van der Waals surface area (Å²) in [5.41, 5.74) is -1.02. The Kier molecular flexibility index (Phi) is 9.77. The maximum Gasteiger partial charge on any atom is 0.403 e. The molecule has 1 N–H and O–H groups in total. The van der Waals surface area contributed by atoms with Crippen LogP contribution in [0.5, 0.6) is 0 Å². The van der Waals surface area contributed by atoms with Crippen molar-refractivity contribution in [2.24, 2.45) is 4.99 Å². The smallest absolute Gasteiger partial charge is 0.355 e. The first-order valence-electron chi connectivity index (χ1n) is 10.5. The lowest BCUT2D eigenvalue weighted by Crippen LogP contribution is -2.42. The van der Waals surface area contributed by atoms with E-state index in [9.17, 15) is 26.7 Å². The molecule has 4 rings (SSSR count). The van der Waals surface area contributed by atoms with E-state index < -0.39 is 23.5 Å². The van der Waals surface area contributed by atoms with Gasteiger partial charge in [0.1, 0.15) is 17.0 Å². The summed E-state index contributed by atoms with van der Waals surface area (Å²) in [6.45, 7) is 0.419. The van der Waals surface area contributed by atoms with E-state index in [0.29, 0.717) is 23.0 Å². The monoisotopic (exact) mass is 684 g/mol. The van der Waals surface area contributed by atoms with Gasteiger partial charge in [0, 0.05) is 22.8 Å². The zero-order chi connectivity index (χ0) is 27.4. The standard InChI is InChI=1S/C17H10BrCl2F4N.C8H7BrFNO/c18-13-3-9(1-2-14(13)21)15-7-16(8-25-15,17(22,23)24)10-4-11(19)6-12(20)5-10;9-7-3-6(4-11-5-12)1-2-8(7)10/h1-6,8,15H,7H2;1-3,5H,4H2,(H,11,12). The Bertz CT molecular complexity index is 1300. The van der Waals surface area contributed by atoms with Gasteiger partial charge in [0.25, 0.3) is 0 Å². The molecule has 3 aromatic rings. The normalized spacial score (nSPS) is 18.8. The highest BCUT2D eigenvalue weighted by molar-refractivity contribution is 9.10. The van der Waals surface area contributed by atoms with E-state index in [4.69, 9.17) is 23.2 Å². The zero-order valence-electron chi connectivity index (χ0n) is 18.6. The third-order valence-electron chi connectivity index (χ3n) is 5.58. The van der Waals surface area contributed by atoms with Crippen LogP contribution in [0, 0.1) is 11.6 Å². The largest absolute Gasteiger partial charge is 0.403 e. The average Bonchev–Trinajstić information content (AvgIpc) is 3.29. The van der Waals surface area contributed by atoms with Crippen molar-refractivity contribution < 1.29 is 26.7 Å². The molecule has 37 heavy (non-hydrogen) atoms. The highest BCUT2D eigenvalue weighted by Gasteiger charge is 2.58. The number of benzene rings is 3. The van der Waals surface area contributed by atoms with E-state index in [1.165, 1.54) is 42.5 Å². The van der Waals surface area contributed by atoms with Gasteiger partial charge < -0.3 is 5.32 Å². The minimum atomic E-state index is -4.59. The van der Waals surface area contributed by atoms with Crippen LogP contribution in [0.2, 0.25) is 10.0 Å². The summed E-state index contributed by atoms with van der Waals surface area (Å²) in [5.74, 6) is -0.792. The average molecular weight is 687 g/mol. The maximum atomic E-state index is 14.0. The molecule has 2 unspecified atom stereocenters. The van der Waals surface area contributed by atoms with Gasteiger partial charge in [-0.25, -0.2) is 8.78 Å². The molecule has 0 radical (unpaired) electrons. The molecule has 0 bridgehead atoms. The second-order valence-corrected chi connectivity index (χ2v) is 10.6. The van der Waals surface area contributed by atoms with Crippen LogP contribution < -0.4 is 5.32 Å². The third kappa shape index (κ3) is 7.10. The summed E-state index contributed by atoms with van der Waals surface area (Å²) in [4.78, 5) is 14.0. The number of carbonyl (C=O) groups excluding carboxylic acids is 1. The van der Waals surface area contributed by atoms with Crippen LogP contribution in [0.25, 0.3) is 0 Å². The van der Waals surface area contributed by atoms with Crippen molar-refractivity contribution >= 4 is 67.7 Å². The summed E-state index contributed by atoms with van der Waals surface area (Å²) in [7, 11) is 0. The van der Waals surface area contributed by atoms with Crippen molar-refractivity contribution in [3.05, 3.63) is 102 Å². The number of aliphatic imine (C=N–C) groups is 1. The van der Waals surface area contributed by atoms with E-state index in [2.05, 4.69) is 42.2 Å². The molecule has 1 aliphatic rings. The summed E-state index contributed by atoms with van der Waals surface area (Å²) in [6.07, 6.45) is -3.42. The van der Waals surface area contributed by atoms with Gasteiger partial charge in [-0.3, -0.25) is 9.79 Å². The second-order valence-electron chi connectivity index (χ2n) is 8.05. The highest BCUT2D eigenvalue weighted by Crippen LogP contribution is 2.51. The van der Waals surface area contributed by atoms with Gasteiger partial charge in [-0.2, -0.15) is 13.2 Å². The van der Waals surface area contributed by atoms with Crippen LogP contribution in [0.15, 0.2) is 68.5 Å². The molecular weight excluding hydrogens is 670 g/mol. The van der Waals surface area contributed by atoms with Gasteiger partial charge in [0.15, 0.2) is 0 Å². The van der Waals surface area contributed by atoms with E-state index in [-0.39, 0.29) is 32.3 Å². The van der Waals surface area contributed by atoms with Crippen molar-refractivity contribution in [1.29, 1.82) is 0 Å². The van der Waals surface area contributed by atoms with Gasteiger partial charge in [-0.1, -0.05) is 35.3 Å². The van der Waals surface area contributed by atoms with Gasteiger partial charge in [0.05, 0.1) is 15.0 Å². The van der Waals surface area contributed by atoms with Crippen LogP contribution in [0.3, 0.4) is 0 Å². The molecule has 3 nitrogen and oxygen atoms in total.